The number of hydrogen-bond donors (Lipinski definition) is 1. The minimum Gasteiger partial charge on any atom is -0.459 e. The van der Waals surface area contributed by atoms with E-state index in [0.717, 1.165) is 43.4 Å². The van der Waals surface area contributed by atoms with Gasteiger partial charge in [-0.25, -0.2) is 0 Å². The summed E-state index contributed by atoms with van der Waals surface area (Å²) in [6.07, 6.45) is 1.76. The molecule has 0 saturated carbocycles. The van der Waals surface area contributed by atoms with Crippen molar-refractivity contribution in [1.29, 1.82) is 0 Å². The van der Waals surface area contributed by atoms with Gasteiger partial charge in [0, 0.05) is 48.4 Å². The van der Waals surface area contributed by atoms with E-state index in [2.05, 4.69) is 39.5 Å². The quantitative estimate of drug-likeness (QED) is 0.204. The number of nitro groups is 1. The minimum atomic E-state index is -0.411. The maximum atomic E-state index is 11.3. The fourth-order valence-corrected chi connectivity index (χ4v) is 5.35. The molecule has 2 aliphatic rings. The van der Waals surface area contributed by atoms with Gasteiger partial charge in [0.05, 0.1) is 29.9 Å². The molecule has 2 aromatic heterocycles. The Morgan fingerprint density at radius 1 is 0.974 bits per heavy atom. The van der Waals surface area contributed by atoms with Gasteiger partial charge in [-0.05, 0) is 60.7 Å². The van der Waals surface area contributed by atoms with Crippen LogP contribution in [0.25, 0.3) is 11.3 Å². The van der Waals surface area contributed by atoms with Crippen molar-refractivity contribution in [2.24, 2.45) is 0 Å². The Labute approximate surface area is 224 Å². The van der Waals surface area contributed by atoms with Crippen LogP contribution in [0.3, 0.4) is 0 Å². The second kappa shape index (κ2) is 10.2. The summed E-state index contributed by atoms with van der Waals surface area (Å²) in [5, 5.41) is 15.3. The number of morpholine rings is 1. The molecule has 0 radical (unpaired) electrons. The van der Waals surface area contributed by atoms with Crippen molar-refractivity contribution in [3.8, 4) is 11.3 Å². The van der Waals surface area contributed by atoms with Crippen LogP contribution >= 0.6 is 12.2 Å². The van der Waals surface area contributed by atoms with E-state index in [4.69, 9.17) is 21.4 Å². The van der Waals surface area contributed by atoms with E-state index in [9.17, 15) is 10.1 Å². The van der Waals surface area contributed by atoms with Crippen LogP contribution in [0.4, 0.5) is 17.1 Å². The highest BCUT2D eigenvalue weighted by Crippen LogP contribution is 2.43. The van der Waals surface area contributed by atoms with Crippen LogP contribution < -0.4 is 15.1 Å². The predicted octanol–water partition coefficient (Wildman–Crippen LogP) is 5.26. The number of ether oxygens (including phenoxy) is 1. The van der Waals surface area contributed by atoms with Gasteiger partial charge in [0.15, 0.2) is 5.11 Å². The van der Waals surface area contributed by atoms with Crippen LogP contribution in [0.2, 0.25) is 0 Å². The summed E-state index contributed by atoms with van der Waals surface area (Å²) in [6, 6.07) is 23.7. The zero-order valence-electron chi connectivity index (χ0n) is 20.4. The summed E-state index contributed by atoms with van der Waals surface area (Å²) in [6.45, 7) is 3.17. The highest BCUT2D eigenvalue weighted by atomic mass is 32.1. The molecule has 2 aromatic carbocycles. The Morgan fingerprint density at radius 2 is 1.76 bits per heavy atom. The van der Waals surface area contributed by atoms with Crippen molar-refractivity contribution >= 4 is 34.4 Å². The first kappa shape index (κ1) is 24.1. The number of hydrogen-bond acceptors (Lipinski definition) is 7. The summed E-state index contributed by atoms with van der Waals surface area (Å²) in [7, 11) is 0. The van der Waals surface area contributed by atoms with Gasteiger partial charge in [-0.3, -0.25) is 15.1 Å². The molecular weight excluding hydrogens is 502 g/mol. The average molecular weight is 528 g/mol. The second-order valence-electron chi connectivity index (χ2n) is 9.12. The average Bonchev–Trinajstić information content (AvgIpc) is 3.59. The molecule has 2 saturated heterocycles. The Balaban J connectivity index is 1.37. The standard InChI is InChI=1S/C28H25N5O4S/c34-33(35)22-5-3-4-19(18-22)24-11-12-25(37-24)27-26(23-6-1-2-13-29-23)30-28(38)32(27)21-9-7-20(8-10-21)31-14-16-36-17-15-31/h1-13,18,26-27H,14-17H2,(H,30,38)/t26-,27+/m1/s1. The van der Waals surface area contributed by atoms with Crippen molar-refractivity contribution in [2.45, 2.75) is 12.1 Å². The van der Waals surface area contributed by atoms with E-state index >= 15 is 0 Å². The van der Waals surface area contributed by atoms with E-state index in [-0.39, 0.29) is 17.8 Å². The van der Waals surface area contributed by atoms with E-state index in [1.807, 2.05) is 35.2 Å². The van der Waals surface area contributed by atoms with Gasteiger partial charge in [-0.15, -0.1) is 0 Å². The molecule has 0 aliphatic carbocycles. The molecule has 0 spiro atoms. The monoisotopic (exact) mass is 527 g/mol. The van der Waals surface area contributed by atoms with Crippen LogP contribution in [-0.4, -0.2) is 41.3 Å². The lowest BCUT2D eigenvalue weighted by atomic mass is 10.0. The van der Waals surface area contributed by atoms with Crippen molar-refractivity contribution in [3.63, 3.8) is 0 Å². The maximum Gasteiger partial charge on any atom is 0.270 e. The normalized spacial score (nSPS) is 19.4. The molecule has 0 amide bonds. The van der Waals surface area contributed by atoms with Gasteiger partial charge in [0.25, 0.3) is 5.69 Å². The van der Waals surface area contributed by atoms with Crippen molar-refractivity contribution < 1.29 is 14.1 Å². The van der Waals surface area contributed by atoms with Gasteiger partial charge >= 0.3 is 0 Å². The largest absolute Gasteiger partial charge is 0.459 e. The zero-order valence-corrected chi connectivity index (χ0v) is 21.2. The van der Waals surface area contributed by atoms with Crippen LogP contribution in [0.15, 0.2) is 89.5 Å². The lowest BCUT2D eigenvalue weighted by Gasteiger charge is -2.30. The molecule has 1 N–H and O–H groups in total. The van der Waals surface area contributed by atoms with Crippen LogP contribution in [0.5, 0.6) is 0 Å². The molecule has 2 aliphatic heterocycles. The highest BCUT2D eigenvalue weighted by Gasteiger charge is 2.42. The van der Waals surface area contributed by atoms with Gasteiger partial charge in [0.1, 0.15) is 17.6 Å². The smallest absolute Gasteiger partial charge is 0.270 e. The first-order valence-corrected chi connectivity index (χ1v) is 12.8. The SMILES string of the molecule is O=[N+]([O-])c1cccc(-c2ccc([C@H]3[C@@H](c4ccccn4)NC(=S)N3c3ccc(N4CCOCC4)cc3)o2)c1. The Morgan fingerprint density at radius 3 is 2.50 bits per heavy atom. The summed E-state index contributed by atoms with van der Waals surface area (Å²) >= 11 is 5.82. The molecule has 10 heteroatoms. The lowest BCUT2D eigenvalue weighted by Crippen LogP contribution is -2.36. The number of benzene rings is 2. The molecular formula is C28H25N5O4S. The molecule has 0 unspecified atom stereocenters. The number of rotatable bonds is 6. The summed E-state index contributed by atoms with van der Waals surface area (Å²) in [5.74, 6) is 1.22. The van der Waals surface area contributed by atoms with Crippen molar-refractivity contribution in [1.82, 2.24) is 10.3 Å². The molecule has 2 atom stereocenters. The number of thiocarbonyl (C=S) groups is 1. The number of nitrogens with zero attached hydrogens (tertiary/aromatic N) is 4. The predicted molar refractivity (Wildman–Crippen MR) is 148 cm³/mol. The van der Waals surface area contributed by atoms with Crippen molar-refractivity contribution in [2.75, 3.05) is 36.1 Å². The fourth-order valence-electron chi connectivity index (χ4n) is 5.01. The van der Waals surface area contributed by atoms with E-state index in [0.29, 0.717) is 22.2 Å². The Hall–Kier alpha value is -4.28. The number of furan rings is 1. The van der Waals surface area contributed by atoms with Crippen molar-refractivity contribution in [3.05, 3.63) is 107 Å². The number of anilines is 2. The second-order valence-corrected chi connectivity index (χ2v) is 9.51. The van der Waals surface area contributed by atoms with E-state index in [1.165, 1.54) is 12.1 Å². The fraction of sp³-hybridized carbons (Fsp3) is 0.214. The number of nitro benzene ring substituents is 1. The van der Waals surface area contributed by atoms with Gasteiger partial charge in [0.2, 0.25) is 0 Å². The third-order valence-electron chi connectivity index (χ3n) is 6.86. The van der Waals surface area contributed by atoms with Crippen LogP contribution in [-0.2, 0) is 4.74 Å². The molecule has 2 fully saturated rings. The molecule has 9 nitrogen and oxygen atoms in total. The third kappa shape index (κ3) is 4.59. The number of nitrogens with one attached hydrogen (secondary N) is 1. The summed E-state index contributed by atoms with van der Waals surface area (Å²) in [5.41, 5.74) is 3.54. The molecule has 0 bridgehead atoms. The van der Waals surface area contributed by atoms with E-state index < -0.39 is 4.92 Å². The summed E-state index contributed by atoms with van der Waals surface area (Å²) < 4.78 is 11.8. The highest BCUT2D eigenvalue weighted by molar-refractivity contribution is 7.80. The first-order chi connectivity index (χ1) is 18.6. The Bertz CT molecular complexity index is 1450. The minimum absolute atomic E-state index is 0.0116. The van der Waals surface area contributed by atoms with Gasteiger partial charge in [-0.2, -0.15) is 0 Å². The van der Waals surface area contributed by atoms with Crippen LogP contribution in [0.1, 0.15) is 23.5 Å². The van der Waals surface area contributed by atoms with Gasteiger partial charge < -0.3 is 24.3 Å². The van der Waals surface area contributed by atoms with Crippen LogP contribution in [0, 0.1) is 10.1 Å². The maximum absolute atomic E-state index is 11.3. The van der Waals surface area contributed by atoms with Gasteiger partial charge in [-0.1, -0.05) is 18.2 Å². The zero-order chi connectivity index (χ0) is 26.1. The lowest BCUT2D eigenvalue weighted by molar-refractivity contribution is -0.384. The first-order valence-electron chi connectivity index (χ1n) is 12.4. The number of pyridine rings is 1. The summed E-state index contributed by atoms with van der Waals surface area (Å²) in [4.78, 5) is 19.8. The Kier molecular flexibility index (Phi) is 6.48. The van der Waals surface area contributed by atoms with E-state index in [1.54, 1.807) is 18.3 Å². The molecule has 4 aromatic rings. The molecule has 192 valence electrons. The number of aromatic nitrogens is 1. The molecule has 38 heavy (non-hydrogen) atoms. The molecule has 4 heterocycles. The topological polar surface area (TPSA) is 96.9 Å². The third-order valence-corrected chi connectivity index (χ3v) is 7.18. The number of non-ortho nitro benzene ring substituents is 1. The molecule has 6 rings (SSSR count).